The van der Waals surface area contributed by atoms with Crippen molar-refractivity contribution in [2.24, 2.45) is 0 Å². The van der Waals surface area contributed by atoms with Crippen LogP contribution in [0, 0.1) is 0 Å². The van der Waals surface area contributed by atoms with Crippen LogP contribution in [0.4, 0.5) is 0 Å². The van der Waals surface area contributed by atoms with Crippen LogP contribution in [0.3, 0.4) is 0 Å². The zero-order valence-corrected chi connectivity index (χ0v) is 19.7. The highest BCUT2D eigenvalue weighted by Crippen LogP contribution is 2.35. The monoisotopic (exact) mass is 473 g/mol. The number of nitrogens with zero attached hydrogens (tertiary/aromatic N) is 3. The average molecular weight is 474 g/mol. The van der Waals surface area contributed by atoms with Gasteiger partial charge in [-0.2, -0.15) is 0 Å². The van der Waals surface area contributed by atoms with Gasteiger partial charge in [0.1, 0.15) is 11.2 Å². The molecule has 0 aliphatic carbocycles. The van der Waals surface area contributed by atoms with Gasteiger partial charge in [-0.25, -0.2) is 9.97 Å². The second-order valence-electron chi connectivity index (χ2n) is 9.29. The van der Waals surface area contributed by atoms with Gasteiger partial charge < -0.3 is 4.42 Å². The Morgan fingerprint density at radius 2 is 1.22 bits per heavy atom. The van der Waals surface area contributed by atoms with E-state index in [1.165, 1.54) is 0 Å². The first-order valence-corrected chi connectivity index (χ1v) is 12.3. The lowest BCUT2D eigenvalue weighted by atomic mass is 10.0. The molecule has 0 aliphatic heterocycles. The largest absolute Gasteiger partial charge is 0.456 e. The van der Waals surface area contributed by atoms with E-state index >= 15 is 0 Å². The van der Waals surface area contributed by atoms with E-state index < -0.39 is 0 Å². The first-order chi connectivity index (χ1) is 18.3. The summed E-state index contributed by atoms with van der Waals surface area (Å²) in [6.45, 7) is 0. The molecule has 172 valence electrons. The first kappa shape index (κ1) is 20.1. The number of furan rings is 1. The minimum Gasteiger partial charge on any atom is -0.456 e. The molecule has 37 heavy (non-hydrogen) atoms. The van der Waals surface area contributed by atoms with Crippen LogP contribution in [-0.2, 0) is 0 Å². The van der Waals surface area contributed by atoms with Crippen LogP contribution in [0.1, 0.15) is 0 Å². The zero-order chi connectivity index (χ0) is 24.3. The Bertz CT molecular complexity index is 2140. The van der Waals surface area contributed by atoms with Gasteiger partial charge in [0.15, 0.2) is 0 Å². The van der Waals surface area contributed by atoms with Gasteiger partial charge in [0.05, 0.1) is 27.9 Å². The molecular formula is C33H19N3O. The van der Waals surface area contributed by atoms with Crippen LogP contribution < -0.4 is 0 Å². The highest BCUT2D eigenvalue weighted by molar-refractivity contribution is 6.18. The number of hydrogen-bond donors (Lipinski definition) is 0. The Hall–Kier alpha value is -5.09. The second-order valence-corrected chi connectivity index (χ2v) is 9.29. The van der Waals surface area contributed by atoms with Crippen LogP contribution >= 0.6 is 0 Å². The minimum absolute atomic E-state index is 0.887. The van der Waals surface area contributed by atoms with E-state index in [0.29, 0.717) is 0 Å². The Labute approximate surface area is 211 Å². The molecule has 4 aromatic carbocycles. The lowest BCUT2D eigenvalue weighted by Crippen LogP contribution is -1.89. The van der Waals surface area contributed by atoms with E-state index in [0.717, 1.165) is 77.2 Å². The lowest BCUT2D eigenvalue weighted by molar-refractivity contribution is 0.669. The quantitative estimate of drug-likeness (QED) is 0.236. The normalized spacial score (nSPS) is 11.8. The number of aromatic nitrogens is 3. The molecule has 0 aliphatic rings. The molecule has 8 rings (SSSR count). The molecule has 0 amide bonds. The zero-order valence-electron chi connectivity index (χ0n) is 19.7. The molecule has 4 nitrogen and oxygen atoms in total. The van der Waals surface area contributed by atoms with E-state index in [1.807, 2.05) is 42.6 Å². The summed E-state index contributed by atoms with van der Waals surface area (Å²) < 4.78 is 6.04. The molecule has 0 saturated heterocycles. The van der Waals surface area contributed by atoms with Crippen LogP contribution in [0.2, 0.25) is 0 Å². The number of fused-ring (bicyclic) bond motifs is 8. The number of hydrogen-bond acceptors (Lipinski definition) is 4. The van der Waals surface area contributed by atoms with Gasteiger partial charge in [-0.1, -0.05) is 66.7 Å². The maximum atomic E-state index is 6.04. The summed E-state index contributed by atoms with van der Waals surface area (Å²) in [5.74, 6) is 0. The summed E-state index contributed by atoms with van der Waals surface area (Å²) in [7, 11) is 0. The molecule has 4 heteroatoms. The molecule has 4 aromatic heterocycles. The standard InChI is InChI=1S/C33H19N3O/c1-2-6-29-25(5-1)31-24-14-16-26(35-28(24)17-18-30(31)37-29)20-7-9-21(10-8-20)27-15-13-23-12-11-22-4-3-19-34-32(22)33(23)36-27/h1-19H. The summed E-state index contributed by atoms with van der Waals surface area (Å²) in [4.78, 5) is 14.6. The molecule has 0 spiro atoms. The summed E-state index contributed by atoms with van der Waals surface area (Å²) in [5.41, 5.74) is 8.59. The molecule has 0 N–H and O–H groups in total. The van der Waals surface area contributed by atoms with E-state index in [-0.39, 0.29) is 0 Å². The fraction of sp³-hybridized carbons (Fsp3) is 0. The predicted molar refractivity (Wildman–Crippen MR) is 150 cm³/mol. The van der Waals surface area contributed by atoms with Crippen molar-refractivity contribution in [3.63, 3.8) is 0 Å². The third-order valence-electron chi connectivity index (χ3n) is 7.12. The maximum absolute atomic E-state index is 6.04. The summed E-state index contributed by atoms with van der Waals surface area (Å²) in [6, 6.07) is 37.3. The van der Waals surface area contributed by atoms with E-state index in [1.54, 1.807) is 0 Å². The molecule has 0 saturated carbocycles. The Morgan fingerprint density at radius 1 is 0.486 bits per heavy atom. The van der Waals surface area contributed by atoms with Gasteiger partial charge in [-0.05, 0) is 42.5 Å². The van der Waals surface area contributed by atoms with Crippen LogP contribution in [0.25, 0.3) is 77.2 Å². The SMILES string of the molecule is c1cnc2c(c1)ccc1ccc(-c3ccc(-c4ccc5c(ccc6oc7ccccc7c65)n4)cc3)nc12. The summed E-state index contributed by atoms with van der Waals surface area (Å²) in [5, 5.41) is 5.52. The van der Waals surface area contributed by atoms with Crippen LogP contribution in [-0.4, -0.2) is 15.0 Å². The van der Waals surface area contributed by atoms with Gasteiger partial charge in [-0.3, -0.25) is 4.98 Å². The highest BCUT2D eigenvalue weighted by atomic mass is 16.3. The van der Waals surface area contributed by atoms with Gasteiger partial charge in [0.25, 0.3) is 0 Å². The molecule has 8 aromatic rings. The fourth-order valence-electron chi connectivity index (χ4n) is 5.28. The van der Waals surface area contributed by atoms with Gasteiger partial charge in [0, 0.05) is 44.3 Å². The molecule has 0 radical (unpaired) electrons. The van der Waals surface area contributed by atoms with E-state index in [4.69, 9.17) is 14.4 Å². The van der Waals surface area contributed by atoms with Gasteiger partial charge in [0.2, 0.25) is 0 Å². The number of benzene rings is 4. The van der Waals surface area contributed by atoms with Crippen molar-refractivity contribution in [1.82, 2.24) is 15.0 Å². The molecule has 0 unspecified atom stereocenters. The maximum Gasteiger partial charge on any atom is 0.136 e. The third-order valence-corrected chi connectivity index (χ3v) is 7.12. The van der Waals surface area contributed by atoms with Crippen molar-refractivity contribution >= 4 is 54.6 Å². The van der Waals surface area contributed by atoms with Crippen molar-refractivity contribution in [3.8, 4) is 22.5 Å². The first-order valence-electron chi connectivity index (χ1n) is 12.3. The molecule has 0 fully saturated rings. The molecule has 4 heterocycles. The van der Waals surface area contributed by atoms with Crippen molar-refractivity contribution < 1.29 is 4.42 Å². The number of para-hydroxylation sites is 1. The molecule has 0 atom stereocenters. The fourth-order valence-corrected chi connectivity index (χ4v) is 5.28. The predicted octanol–water partition coefficient (Wildman–Crippen LogP) is 8.56. The van der Waals surface area contributed by atoms with Crippen molar-refractivity contribution in [3.05, 3.63) is 115 Å². The van der Waals surface area contributed by atoms with Gasteiger partial charge >= 0.3 is 0 Å². The number of pyridine rings is 3. The molecule has 0 bridgehead atoms. The summed E-state index contributed by atoms with van der Waals surface area (Å²) >= 11 is 0. The highest BCUT2D eigenvalue weighted by Gasteiger charge is 2.12. The number of rotatable bonds is 2. The Balaban J connectivity index is 1.20. The summed E-state index contributed by atoms with van der Waals surface area (Å²) in [6.07, 6.45) is 1.82. The lowest BCUT2D eigenvalue weighted by Gasteiger charge is -2.08. The minimum atomic E-state index is 0.887. The van der Waals surface area contributed by atoms with Crippen molar-refractivity contribution in [2.45, 2.75) is 0 Å². The van der Waals surface area contributed by atoms with E-state index in [9.17, 15) is 0 Å². The van der Waals surface area contributed by atoms with Crippen LogP contribution in [0.5, 0.6) is 0 Å². The van der Waals surface area contributed by atoms with Crippen molar-refractivity contribution in [2.75, 3.05) is 0 Å². The third kappa shape index (κ3) is 3.13. The van der Waals surface area contributed by atoms with Gasteiger partial charge in [-0.15, -0.1) is 0 Å². The van der Waals surface area contributed by atoms with E-state index in [2.05, 4.69) is 77.8 Å². The topological polar surface area (TPSA) is 51.8 Å². The second kappa shape index (κ2) is 7.70. The average Bonchev–Trinajstić information content (AvgIpc) is 3.36. The molecular weight excluding hydrogens is 454 g/mol. The van der Waals surface area contributed by atoms with Crippen LogP contribution in [0.15, 0.2) is 120 Å². The smallest absolute Gasteiger partial charge is 0.136 e. The van der Waals surface area contributed by atoms with Crippen molar-refractivity contribution in [1.29, 1.82) is 0 Å². The Kier molecular flexibility index (Phi) is 4.19. The Morgan fingerprint density at radius 3 is 2.08 bits per heavy atom.